The SMILES string of the molecule is OB(O)c1cc2cccc(-c3ccccc3)c2cn1. The molecule has 0 radical (unpaired) electrons. The zero-order valence-electron chi connectivity index (χ0n) is 10.2. The Bertz CT molecular complexity index is 714. The van der Waals surface area contributed by atoms with Gasteiger partial charge in [0.05, 0.1) is 5.59 Å². The maximum Gasteiger partial charge on any atom is 0.508 e. The van der Waals surface area contributed by atoms with Gasteiger partial charge in [0.2, 0.25) is 0 Å². The molecule has 19 heavy (non-hydrogen) atoms. The molecule has 4 heteroatoms. The van der Waals surface area contributed by atoms with E-state index in [4.69, 9.17) is 10.0 Å². The zero-order chi connectivity index (χ0) is 13.2. The summed E-state index contributed by atoms with van der Waals surface area (Å²) in [7, 11) is -1.54. The number of pyridine rings is 1. The third-order valence-electron chi connectivity index (χ3n) is 3.14. The van der Waals surface area contributed by atoms with E-state index >= 15 is 0 Å². The molecule has 0 spiro atoms. The second-order valence-electron chi connectivity index (χ2n) is 4.38. The molecule has 92 valence electrons. The summed E-state index contributed by atoms with van der Waals surface area (Å²) < 4.78 is 0. The van der Waals surface area contributed by atoms with E-state index in [1.165, 1.54) is 0 Å². The molecule has 0 aliphatic carbocycles. The molecule has 0 atom stereocenters. The van der Waals surface area contributed by atoms with Crippen LogP contribution in [0.3, 0.4) is 0 Å². The lowest BCUT2D eigenvalue weighted by Crippen LogP contribution is -2.32. The predicted molar refractivity (Wildman–Crippen MR) is 77.0 cm³/mol. The van der Waals surface area contributed by atoms with Gasteiger partial charge in [0.15, 0.2) is 0 Å². The molecule has 3 nitrogen and oxygen atoms in total. The quantitative estimate of drug-likeness (QED) is 0.678. The summed E-state index contributed by atoms with van der Waals surface area (Å²) >= 11 is 0. The van der Waals surface area contributed by atoms with Crippen LogP contribution in [0.15, 0.2) is 60.8 Å². The summed E-state index contributed by atoms with van der Waals surface area (Å²) in [4.78, 5) is 4.09. The highest BCUT2D eigenvalue weighted by atomic mass is 16.4. The molecule has 1 aromatic heterocycles. The Morgan fingerprint density at radius 1 is 0.895 bits per heavy atom. The average Bonchev–Trinajstić information content (AvgIpc) is 2.47. The van der Waals surface area contributed by atoms with E-state index in [9.17, 15) is 0 Å². The molecule has 1 heterocycles. The maximum absolute atomic E-state index is 9.16. The first kappa shape index (κ1) is 11.9. The Morgan fingerprint density at radius 3 is 2.42 bits per heavy atom. The summed E-state index contributed by atoms with van der Waals surface area (Å²) in [6.07, 6.45) is 1.69. The van der Waals surface area contributed by atoms with E-state index in [2.05, 4.69) is 4.98 Å². The first-order chi connectivity index (χ1) is 9.25. The highest BCUT2D eigenvalue weighted by Crippen LogP contribution is 2.27. The Hall–Kier alpha value is -2.17. The minimum Gasteiger partial charge on any atom is -0.422 e. The van der Waals surface area contributed by atoms with Crippen LogP contribution in [0, 0.1) is 0 Å². The lowest BCUT2D eigenvalue weighted by Gasteiger charge is -2.08. The summed E-state index contributed by atoms with van der Waals surface area (Å²) in [5, 5.41) is 20.3. The molecule has 0 aliphatic heterocycles. The topological polar surface area (TPSA) is 53.4 Å². The van der Waals surface area contributed by atoms with Crippen molar-refractivity contribution >= 4 is 23.5 Å². The molecule has 3 rings (SSSR count). The van der Waals surface area contributed by atoms with Crippen LogP contribution < -0.4 is 5.59 Å². The van der Waals surface area contributed by atoms with Gasteiger partial charge in [-0.1, -0.05) is 48.5 Å². The van der Waals surface area contributed by atoms with Crippen LogP contribution in [-0.4, -0.2) is 22.2 Å². The molecule has 3 aromatic rings. The van der Waals surface area contributed by atoms with E-state index in [0.717, 1.165) is 21.9 Å². The summed E-state index contributed by atoms with van der Waals surface area (Å²) in [6, 6.07) is 17.7. The van der Waals surface area contributed by atoms with Crippen molar-refractivity contribution in [2.75, 3.05) is 0 Å². The highest BCUT2D eigenvalue weighted by Gasteiger charge is 2.13. The minimum absolute atomic E-state index is 0.262. The second kappa shape index (κ2) is 4.84. The Kier molecular flexibility index (Phi) is 3.03. The van der Waals surface area contributed by atoms with Crippen molar-refractivity contribution in [1.82, 2.24) is 4.98 Å². The Balaban J connectivity index is 2.22. The summed E-state index contributed by atoms with van der Waals surface area (Å²) in [5.74, 6) is 0. The van der Waals surface area contributed by atoms with Gasteiger partial charge in [0, 0.05) is 11.6 Å². The van der Waals surface area contributed by atoms with Crippen LogP contribution in [0.1, 0.15) is 0 Å². The molecule has 0 fully saturated rings. The van der Waals surface area contributed by atoms with E-state index in [-0.39, 0.29) is 5.59 Å². The number of hydrogen-bond donors (Lipinski definition) is 2. The van der Waals surface area contributed by atoms with Gasteiger partial charge in [-0.15, -0.1) is 0 Å². The van der Waals surface area contributed by atoms with Gasteiger partial charge in [0.1, 0.15) is 0 Å². The van der Waals surface area contributed by atoms with E-state index in [1.807, 2.05) is 48.5 Å². The van der Waals surface area contributed by atoms with E-state index in [0.29, 0.717) is 0 Å². The first-order valence-electron chi connectivity index (χ1n) is 6.06. The van der Waals surface area contributed by atoms with Crippen molar-refractivity contribution in [3.8, 4) is 11.1 Å². The fourth-order valence-electron chi connectivity index (χ4n) is 2.20. The van der Waals surface area contributed by atoms with Crippen molar-refractivity contribution in [2.45, 2.75) is 0 Å². The van der Waals surface area contributed by atoms with Crippen molar-refractivity contribution < 1.29 is 10.0 Å². The van der Waals surface area contributed by atoms with Crippen molar-refractivity contribution in [3.63, 3.8) is 0 Å². The summed E-state index contributed by atoms with van der Waals surface area (Å²) in [6.45, 7) is 0. The van der Waals surface area contributed by atoms with Crippen molar-refractivity contribution in [2.24, 2.45) is 0 Å². The minimum atomic E-state index is -1.54. The second-order valence-corrected chi connectivity index (χ2v) is 4.38. The van der Waals surface area contributed by atoms with Gasteiger partial charge < -0.3 is 10.0 Å². The number of benzene rings is 2. The molecule has 0 bridgehead atoms. The third-order valence-corrected chi connectivity index (χ3v) is 3.14. The van der Waals surface area contributed by atoms with Gasteiger partial charge in [-0.25, -0.2) is 0 Å². The standard InChI is InChI=1S/C15H12BNO2/c18-16(19)15-9-12-7-4-8-13(14(12)10-17-15)11-5-2-1-3-6-11/h1-10,18-19H. The molecule has 2 aromatic carbocycles. The molecule has 2 N–H and O–H groups in total. The number of hydrogen-bond acceptors (Lipinski definition) is 3. The molecule has 0 saturated heterocycles. The van der Waals surface area contributed by atoms with Crippen LogP contribution in [-0.2, 0) is 0 Å². The third kappa shape index (κ3) is 2.23. The zero-order valence-corrected chi connectivity index (χ0v) is 10.2. The molecular weight excluding hydrogens is 237 g/mol. The Labute approximate surface area is 111 Å². The molecule has 0 amide bonds. The number of rotatable bonds is 2. The first-order valence-corrected chi connectivity index (χ1v) is 6.06. The molecular formula is C15H12BNO2. The predicted octanol–water partition coefficient (Wildman–Crippen LogP) is 1.58. The lowest BCUT2D eigenvalue weighted by molar-refractivity contribution is 0.424. The van der Waals surface area contributed by atoms with Crippen LogP contribution in [0.25, 0.3) is 21.9 Å². The highest BCUT2D eigenvalue weighted by molar-refractivity contribution is 6.57. The fraction of sp³-hybridized carbons (Fsp3) is 0. The average molecular weight is 249 g/mol. The number of fused-ring (bicyclic) bond motifs is 1. The lowest BCUT2D eigenvalue weighted by atomic mass is 9.84. The van der Waals surface area contributed by atoms with Crippen molar-refractivity contribution in [1.29, 1.82) is 0 Å². The largest absolute Gasteiger partial charge is 0.508 e. The van der Waals surface area contributed by atoms with Gasteiger partial charge in [-0.3, -0.25) is 4.98 Å². The molecule has 0 saturated carbocycles. The fourth-order valence-corrected chi connectivity index (χ4v) is 2.20. The van der Waals surface area contributed by atoms with E-state index in [1.54, 1.807) is 12.3 Å². The molecule has 0 aliphatic rings. The van der Waals surface area contributed by atoms with Gasteiger partial charge in [-0.05, 0) is 22.6 Å². The van der Waals surface area contributed by atoms with E-state index < -0.39 is 7.12 Å². The van der Waals surface area contributed by atoms with Gasteiger partial charge in [0.25, 0.3) is 0 Å². The monoisotopic (exact) mass is 249 g/mol. The smallest absolute Gasteiger partial charge is 0.422 e. The van der Waals surface area contributed by atoms with Gasteiger partial charge in [-0.2, -0.15) is 0 Å². The van der Waals surface area contributed by atoms with Crippen LogP contribution in [0.4, 0.5) is 0 Å². The normalized spacial score (nSPS) is 10.6. The number of aromatic nitrogens is 1. The Morgan fingerprint density at radius 2 is 1.68 bits per heavy atom. The van der Waals surface area contributed by atoms with Crippen LogP contribution >= 0.6 is 0 Å². The molecule has 0 unspecified atom stereocenters. The maximum atomic E-state index is 9.16. The van der Waals surface area contributed by atoms with Crippen molar-refractivity contribution in [3.05, 3.63) is 60.8 Å². The number of nitrogens with zero attached hydrogens (tertiary/aromatic N) is 1. The van der Waals surface area contributed by atoms with Crippen LogP contribution in [0.2, 0.25) is 0 Å². The van der Waals surface area contributed by atoms with Gasteiger partial charge >= 0.3 is 7.12 Å². The van der Waals surface area contributed by atoms with Crippen LogP contribution in [0.5, 0.6) is 0 Å². The summed E-state index contributed by atoms with van der Waals surface area (Å²) in [5.41, 5.74) is 2.47.